The molecular formula is C22H42N2O5. The molecule has 0 aliphatic carbocycles. The zero-order valence-electron chi connectivity index (χ0n) is 19.6. The zero-order chi connectivity index (χ0) is 22.6. The largest absolute Gasteiger partial charge is 0.379 e. The second kappa shape index (κ2) is 14.6. The van der Waals surface area contributed by atoms with Crippen molar-refractivity contribution in [3.05, 3.63) is 0 Å². The number of rotatable bonds is 16. The number of ketones is 2. The summed E-state index contributed by atoms with van der Waals surface area (Å²) in [5.74, 6) is 0.236. The van der Waals surface area contributed by atoms with Gasteiger partial charge in [0, 0.05) is 18.9 Å². The van der Waals surface area contributed by atoms with Crippen LogP contribution in [0.2, 0.25) is 0 Å². The van der Waals surface area contributed by atoms with E-state index in [1.165, 1.54) is 6.92 Å². The first-order chi connectivity index (χ1) is 13.5. The Hall–Kier alpha value is -1.31. The molecule has 0 rings (SSSR count). The number of carbonyl (C=O) groups is 3. The van der Waals surface area contributed by atoms with Crippen LogP contribution in [0.5, 0.6) is 0 Å². The molecule has 7 heteroatoms. The second-order valence-corrected chi connectivity index (χ2v) is 8.61. The van der Waals surface area contributed by atoms with Gasteiger partial charge in [-0.1, -0.05) is 41.5 Å². The molecule has 0 radical (unpaired) electrons. The van der Waals surface area contributed by atoms with E-state index in [9.17, 15) is 14.4 Å². The first-order valence-electron chi connectivity index (χ1n) is 10.7. The molecule has 2 atom stereocenters. The van der Waals surface area contributed by atoms with Gasteiger partial charge in [0.1, 0.15) is 5.78 Å². The third-order valence-electron chi connectivity index (χ3n) is 4.87. The predicted molar refractivity (Wildman–Crippen MR) is 115 cm³/mol. The Morgan fingerprint density at radius 3 is 1.86 bits per heavy atom. The number of likely N-dealkylation sites (N-methyl/N-ethyl adjacent to an activating group) is 1. The van der Waals surface area contributed by atoms with Gasteiger partial charge in [-0.2, -0.15) is 0 Å². The first-order valence-corrected chi connectivity index (χ1v) is 10.7. The van der Waals surface area contributed by atoms with Crippen LogP contribution in [-0.4, -0.2) is 74.5 Å². The van der Waals surface area contributed by atoms with Crippen LogP contribution in [0.4, 0.5) is 0 Å². The van der Waals surface area contributed by atoms with Gasteiger partial charge in [-0.3, -0.25) is 19.3 Å². The quantitative estimate of drug-likeness (QED) is 0.390. The third-order valence-corrected chi connectivity index (χ3v) is 4.87. The maximum atomic E-state index is 12.8. The van der Waals surface area contributed by atoms with E-state index >= 15 is 0 Å². The summed E-state index contributed by atoms with van der Waals surface area (Å²) in [5, 5.41) is 2.90. The molecule has 0 aromatic carbocycles. The number of Topliss-reactive ketones (excluding diaryl/α,β-unsaturated/α-hetero) is 2. The lowest BCUT2D eigenvalue weighted by molar-refractivity contribution is -0.132. The summed E-state index contributed by atoms with van der Waals surface area (Å²) in [5.41, 5.74) is 0. The molecular weight excluding hydrogens is 372 g/mol. The lowest BCUT2D eigenvalue weighted by Gasteiger charge is -2.32. The Kier molecular flexibility index (Phi) is 14.0. The third kappa shape index (κ3) is 11.5. The molecule has 0 saturated heterocycles. The highest BCUT2D eigenvalue weighted by Crippen LogP contribution is 2.11. The molecule has 0 saturated carbocycles. The average molecular weight is 415 g/mol. The van der Waals surface area contributed by atoms with Crippen molar-refractivity contribution >= 4 is 17.5 Å². The highest BCUT2D eigenvalue weighted by atomic mass is 16.5. The molecule has 0 spiro atoms. The Bertz CT molecular complexity index is 505. The highest BCUT2D eigenvalue weighted by molar-refractivity contribution is 5.90. The lowest BCUT2D eigenvalue weighted by atomic mass is 9.97. The summed E-state index contributed by atoms with van der Waals surface area (Å²) in [4.78, 5) is 38.0. The van der Waals surface area contributed by atoms with Gasteiger partial charge >= 0.3 is 0 Å². The Morgan fingerprint density at radius 1 is 0.862 bits per heavy atom. The van der Waals surface area contributed by atoms with E-state index in [4.69, 9.17) is 9.47 Å². The van der Waals surface area contributed by atoms with E-state index < -0.39 is 6.04 Å². The molecule has 0 aliphatic heterocycles. The van der Waals surface area contributed by atoms with E-state index in [-0.39, 0.29) is 41.3 Å². The van der Waals surface area contributed by atoms with Gasteiger partial charge in [-0.15, -0.1) is 0 Å². The van der Waals surface area contributed by atoms with Crippen molar-refractivity contribution in [3.63, 3.8) is 0 Å². The maximum absolute atomic E-state index is 12.8. The van der Waals surface area contributed by atoms with Crippen molar-refractivity contribution < 1.29 is 23.9 Å². The molecule has 0 heterocycles. The molecule has 1 amide bonds. The molecule has 29 heavy (non-hydrogen) atoms. The second-order valence-electron chi connectivity index (χ2n) is 8.61. The van der Waals surface area contributed by atoms with Crippen molar-refractivity contribution in [3.8, 4) is 0 Å². The first kappa shape index (κ1) is 27.7. The van der Waals surface area contributed by atoms with Crippen LogP contribution in [0.1, 0.15) is 54.9 Å². The molecule has 0 aromatic heterocycles. The Balaban J connectivity index is 4.28. The zero-order valence-corrected chi connectivity index (χ0v) is 19.6. The SMILES string of the molecule is CC(=O)[C@@H](NC(=O)[C@H](C(C)C)N(C)CCOCCOCCC(=O)C(C)C)C(C)C. The Labute approximate surface area is 176 Å². The van der Waals surface area contributed by atoms with Crippen LogP contribution in [0.25, 0.3) is 0 Å². The number of nitrogens with zero attached hydrogens (tertiary/aromatic N) is 1. The summed E-state index contributed by atoms with van der Waals surface area (Å²) >= 11 is 0. The number of amides is 1. The van der Waals surface area contributed by atoms with E-state index in [1.54, 1.807) is 0 Å². The smallest absolute Gasteiger partial charge is 0.238 e. The van der Waals surface area contributed by atoms with Gasteiger partial charge in [-0.25, -0.2) is 0 Å². The molecule has 0 fully saturated rings. The molecule has 7 nitrogen and oxygen atoms in total. The van der Waals surface area contributed by atoms with Crippen LogP contribution < -0.4 is 5.32 Å². The molecule has 0 unspecified atom stereocenters. The van der Waals surface area contributed by atoms with Crippen LogP contribution in [-0.2, 0) is 23.9 Å². The van der Waals surface area contributed by atoms with Crippen LogP contribution in [0.3, 0.4) is 0 Å². The van der Waals surface area contributed by atoms with E-state index in [1.807, 2.05) is 53.5 Å². The minimum absolute atomic E-state index is 0.0306. The van der Waals surface area contributed by atoms with Gasteiger partial charge in [-0.05, 0) is 25.8 Å². The van der Waals surface area contributed by atoms with E-state index in [0.29, 0.717) is 39.4 Å². The minimum Gasteiger partial charge on any atom is -0.379 e. The number of carbonyl (C=O) groups excluding carboxylic acids is 3. The summed E-state index contributed by atoms with van der Waals surface area (Å²) < 4.78 is 11.0. The average Bonchev–Trinajstić information content (AvgIpc) is 2.60. The molecule has 0 aromatic rings. The number of hydrogen-bond acceptors (Lipinski definition) is 6. The molecule has 1 N–H and O–H groups in total. The van der Waals surface area contributed by atoms with Gasteiger partial charge < -0.3 is 14.8 Å². The number of ether oxygens (including phenoxy) is 2. The van der Waals surface area contributed by atoms with E-state index in [0.717, 1.165) is 0 Å². The fraction of sp³-hybridized carbons (Fsp3) is 0.864. The fourth-order valence-corrected chi connectivity index (χ4v) is 3.12. The minimum atomic E-state index is -0.465. The summed E-state index contributed by atoms with van der Waals surface area (Å²) in [7, 11) is 1.89. The van der Waals surface area contributed by atoms with Gasteiger partial charge in [0.05, 0.1) is 38.5 Å². The highest BCUT2D eigenvalue weighted by Gasteiger charge is 2.30. The molecule has 0 bridgehead atoms. The van der Waals surface area contributed by atoms with Crippen molar-refractivity contribution in [2.75, 3.05) is 40.0 Å². The summed E-state index contributed by atoms with van der Waals surface area (Å²) in [6, 6.07) is -0.800. The predicted octanol–water partition coefficient (Wildman–Crippen LogP) is 2.32. The number of nitrogens with one attached hydrogen (secondary N) is 1. The van der Waals surface area contributed by atoms with Gasteiger partial charge in [0.15, 0.2) is 5.78 Å². The molecule has 170 valence electrons. The monoisotopic (exact) mass is 414 g/mol. The van der Waals surface area contributed by atoms with Crippen molar-refractivity contribution in [2.45, 2.75) is 67.0 Å². The van der Waals surface area contributed by atoms with Crippen molar-refractivity contribution in [2.24, 2.45) is 17.8 Å². The maximum Gasteiger partial charge on any atom is 0.238 e. The standard InChI is InChI=1S/C22H42N2O5/c1-15(2)19(26)9-11-28-13-14-29-12-10-24(8)21(17(5)6)22(27)23-20(16(3)4)18(7)25/h15-17,20-21H,9-14H2,1-8H3,(H,23,27)/t20-,21-/m0/s1. The van der Waals surface area contributed by atoms with Crippen LogP contribution in [0.15, 0.2) is 0 Å². The number of hydrogen-bond donors (Lipinski definition) is 1. The Morgan fingerprint density at radius 2 is 1.41 bits per heavy atom. The summed E-state index contributed by atoms with van der Waals surface area (Å²) in [6.07, 6.45) is 0.434. The van der Waals surface area contributed by atoms with Gasteiger partial charge in [0.2, 0.25) is 5.91 Å². The molecule has 0 aliphatic rings. The van der Waals surface area contributed by atoms with Crippen molar-refractivity contribution in [1.82, 2.24) is 10.2 Å². The fourth-order valence-electron chi connectivity index (χ4n) is 3.12. The van der Waals surface area contributed by atoms with E-state index in [2.05, 4.69) is 5.32 Å². The summed E-state index contributed by atoms with van der Waals surface area (Å²) in [6.45, 7) is 15.5. The van der Waals surface area contributed by atoms with Crippen LogP contribution >= 0.6 is 0 Å². The lowest BCUT2D eigenvalue weighted by Crippen LogP contribution is -2.54. The topological polar surface area (TPSA) is 84.9 Å². The van der Waals surface area contributed by atoms with Crippen molar-refractivity contribution in [1.29, 1.82) is 0 Å². The normalized spacial score (nSPS) is 13.9. The van der Waals surface area contributed by atoms with Gasteiger partial charge in [0.25, 0.3) is 0 Å². The van der Waals surface area contributed by atoms with Crippen LogP contribution in [0, 0.1) is 17.8 Å².